The molecule has 0 radical (unpaired) electrons. The fourth-order valence-corrected chi connectivity index (χ4v) is 2.79. The van der Waals surface area contributed by atoms with Gasteiger partial charge >= 0.3 is 0 Å². The van der Waals surface area contributed by atoms with Crippen LogP contribution in [-0.4, -0.2) is 17.2 Å². The summed E-state index contributed by atoms with van der Waals surface area (Å²) < 4.78 is 1.09. The number of halogens is 1. The van der Waals surface area contributed by atoms with Gasteiger partial charge in [0.2, 0.25) is 0 Å². The standard InChI is InChI=1S/C18H13IN2O2/c19-15-7-3-4-12(8-15)11-20-21-18(23)16-9-13-5-1-2-6-14(13)10-17(16)22/h1-11,22H,(H,21,23). The van der Waals surface area contributed by atoms with Gasteiger partial charge in [-0.3, -0.25) is 4.79 Å². The number of fused-ring (bicyclic) bond motifs is 1. The summed E-state index contributed by atoms with van der Waals surface area (Å²) in [4.78, 5) is 12.2. The van der Waals surface area contributed by atoms with Gasteiger partial charge in [-0.25, -0.2) is 5.43 Å². The Morgan fingerprint density at radius 1 is 1.04 bits per heavy atom. The van der Waals surface area contributed by atoms with Crippen molar-refractivity contribution in [1.29, 1.82) is 0 Å². The van der Waals surface area contributed by atoms with Gasteiger partial charge in [0.05, 0.1) is 11.8 Å². The van der Waals surface area contributed by atoms with Crippen molar-refractivity contribution in [3.05, 3.63) is 75.4 Å². The van der Waals surface area contributed by atoms with Gasteiger partial charge in [0.25, 0.3) is 5.91 Å². The molecule has 5 heteroatoms. The maximum Gasteiger partial charge on any atom is 0.275 e. The first-order valence-electron chi connectivity index (χ1n) is 6.94. The van der Waals surface area contributed by atoms with Crippen molar-refractivity contribution < 1.29 is 9.90 Å². The van der Waals surface area contributed by atoms with Crippen molar-refractivity contribution in [3.8, 4) is 5.75 Å². The van der Waals surface area contributed by atoms with Crippen LogP contribution in [0, 0.1) is 3.57 Å². The zero-order valence-electron chi connectivity index (χ0n) is 12.0. The summed E-state index contributed by atoms with van der Waals surface area (Å²) >= 11 is 2.21. The molecule has 1 amide bonds. The molecule has 0 aliphatic carbocycles. The molecule has 0 heterocycles. The molecule has 0 saturated heterocycles. The summed E-state index contributed by atoms with van der Waals surface area (Å²) in [7, 11) is 0. The number of aromatic hydroxyl groups is 1. The number of hydrogen-bond acceptors (Lipinski definition) is 3. The third-order valence-electron chi connectivity index (χ3n) is 3.34. The molecule has 0 aliphatic rings. The molecule has 114 valence electrons. The minimum Gasteiger partial charge on any atom is -0.507 e. The Morgan fingerprint density at radius 3 is 2.52 bits per heavy atom. The summed E-state index contributed by atoms with van der Waals surface area (Å²) in [6.07, 6.45) is 1.57. The number of carbonyl (C=O) groups excluding carboxylic acids is 1. The number of phenols is 1. The molecule has 0 aromatic heterocycles. The lowest BCUT2D eigenvalue weighted by Gasteiger charge is -2.05. The van der Waals surface area contributed by atoms with E-state index in [0.29, 0.717) is 0 Å². The van der Waals surface area contributed by atoms with E-state index < -0.39 is 5.91 Å². The van der Waals surface area contributed by atoms with Gasteiger partial charge in [-0.2, -0.15) is 5.10 Å². The number of nitrogens with one attached hydrogen (secondary N) is 1. The molecule has 0 atom stereocenters. The number of benzene rings is 3. The smallest absolute Gasteiger partial charge is 0.275 e. The highest BCUT2D eigenvalue weighted by molar-refractivity contribution is 14.1. The van der Waals surface area contributed by atoms with Crippen LogP contribution in [0.3, 0.4) is 0 Å². The van der Waals surface area contributed by atoms with Crippen LogP contribution in [0.15, 0.2) is 65.8 Å². The van der Waals surface area contributed by atoms with Crippen LogP contribution in [0.1, 0.15) is 15.9 Å². The predicted molar refractivity (Wildman–Crippen MR) is 99.8 cm³/mol. The summed E-state index contributed by atoms with van der Waals surface area (Å²) in [5.41, 5.74) is 3.53. The molecule has 23 heavy (non-hydrogen) atoms. The van der Waals surface area contributed by atoms with Crippen LogP contribution < -0.4 is 5.43 Å². The van der Waals surface area contributed by atoms with Crippen LogP contribution in [0.2, 0.25) is 0 Å². The van der Waals surface area contributed by atoms with Crippen molar-refractivity contribution in [2.24, 2.45) is 5.10 Å². The van der Waals surface area contributed by atoms with Crippen molar-refractivity contribution in [3.63, 3.8) is 0 Å². The molecule has 0 fully saturated rings. The van der Waals surface area contributed by atoms with Crippen molar-refractivity contribution >= 4 is 45.5 Å². The summed E-state index contributed by atoms with van der Waals surface area (Å²) in [6, 6.07) is 18.5. The van der Waals surface area contributed by atoms with Crippen molar-refractivity contribution in [2.75, 3.05) is 0 Å². The fraction of sp³-hybridized carbons (Fsp3) is 0. The number of phenolic OH excluding ortho intramolecular Hbond substituents is 1. The van der Waals surface area contributed by atoms with E-state index in [0.717, 1.165) is 19.9 Å². The Morgan fingerprint density at radius 2 is 1.78 bits per heavy atom. The van der Waals surface area contributed by atoms with E-state index in [2.05, 4.69) is 33.1 Å². The van der Waals surface area contributed by atoms with Crippen LogP contribution in [0.5, 0.6) is 5.75 Å². The quantitative estimate of drug-likeness (QED) is 0.387. The third-order valence-corrected chi connectivity index (χ3v) is 4.01. The Kier molecular flexibility index (Phi) is 4.57. The number of carbonyl (C=O) groups is 1. The molecule has 0 bridgehead atoms. The molecule has 3 aromatic rings. The number of hydrazone groups is 1. The lowest BCUT2D eigenvalue weighted by atomic mass is 10.1. The van der Waals surface area contributed by atoms with E-state index in [1.54, 1.807) is 18.3 Å². The topological polar surface area (TPSA) is 61.7 Å². The van der Waals surface area contributed by atoms with Crippen molar-refractivity contribution in [2.45, 2.75) is 0 Å². The zero-order valence-corrected chi connectivity index (χ0v) is 14.2. The number of rotatable bonds is 3. The Balaban J connectivity index is 1.79. The average Bonchev–Trinajstić information content (AvgIpc) is 2.54. The number of amides is 1. The highest BCUT2D eigenvalue weighted by atomic mass is 127. The molecular formula is C18H13IN2O2. The van der Waals surface area contributed by atoms with E-state index in [-0.39, 0.29) is 11.3 Å². The van der Waals surface area contributed by atoms with E-state index in [1.807, 2.05) is 48.5 Å². The van der Waals surface area contributed by atoms with Gasteiger partial charge in [0, 0.05) is 3.57 Å². The third kappa shape index (κ3) is 3.68. The van der Waals surface area contributed by atoms with E-state index in [4.69, 9.17) is 0 Å². The minimum absolute atomic E-state index is 0.0642. The van der Waals surface area contributed by atoms with Crippen LogP contribution in [-0.2, 0) is 0 Å². The van der Waals surface area contributed by atoms with Crippen molar-refractivity contribution in [1.82, 2.24) is 5.43 Å². The summed E-state index contributed by atoms with van der Waals surface area (Å²) in [5.74, 6) is -0.513. The summed E-state index contributed by atoms with van der Waals surface area (Å²) in [6.45, 7) is 0. The highest BCUT2D eigenvalue weighted by Gasteiger charge is 2.11. The summed E-state index contributed by atoms with van der Waals surface area (Å²) in [5, 5.41) is 15.7. The van der Waals surface area contributed by atoms with Crippen LogP contribution >= 0.6 is 22.6 Å². The Labute approximate surface area is 147 Å². The molecule has 0 unspecified atom stereocenters. The lowest BCUT2D eigenvalue weighted by molar-refractivity contribution is 0.0952. The number of nitrogens with zero attached hydrogens (tertiary/aromatic N) is 1. The maximum absolute atomic E-state index is 12.2. The zero-order chi connectivity index (χ0) is 16.2. The Bertz CT molecular complexity index is 906. The highest BCUT2D eigenvalue weighted by Crippen LogP contribution is 2.24. The first kappa shape index (κ1) is 15.5. The molecule has 0 saturated carbocycles. The molecule has 3 rings (SSSR count). The van der Waals surface area contributed by atoms with Crippen LogP contribution in [0.25, 0.3) is 10.8 Å². The van der Waals surface area contributed by atoms with Gasteiger partial charge in [-0.05, 0) is 63.2 Å². The first-order chi connectivity index (χ1) is 11.1. The molecule has 0 aliphatic heterocycles. The van der Waals surface area contributed by atoms with Gasteiger partial charge < -0.3 is 5.11 Å². The van der Waals surface area contributed by atoms with Gasteiger partial charge in [-0.1, -0.05) is 36.4 Å². The molecule has 3 aromatic carbocycles. The van der Waals surface area contributed by atoms with E-state index in [9.17, 15) is 9.90 Å². The monoisotopic (exact) mass is 416 g/mol. The molecule has 0 spiro atoms. The van der Waals surface area contributed by atoms with Gasteiger partial charge in [0.1, 0.15) is 5.75 Å². The van der Waals surface area contributed by atoms with Crippen LogP contribution in [0.4, 0.5) is 0 Å². The van der Waals surface area contributed by atoms with Gasteiger partial charge in [0.15, 0.2) is 0 Å². The molecule has 4 nitrogen and oxygen atoms in total. The number of hydrogen-bond donors (Lipinski definition) is 2. The Hall–Kier alpha value is -2.41. The minimum atomic E-state index is -0.449. The second-order valence-corrected chi connectivity index (χ2v) is 6.22. The second kappa shape index (κ2) is 6.78. The van der Waals surface area contributed by atoms with E-state index in [1.165, 1.54) is 0 Å². The predicted octanol–water partition coefficient (Wildman–Crippen LogP) is 3.91. The van der Waals surface area contributed by atoms with E-state index >= 15 is 0 Å². The average molecular weight is 416 g/mol. The van der Waals surface area contributed by atoms with Gasteiger partial charge in [-0.15, -0.1) is 0 Å². The normalized spacial score (nSPS) is 11.0. The molecular weight excluding hydrogens is 403 g/mol. The second-order valence-electron chi connectivity index (χ2n) is 4.97. The first-order valence-corrected chi connectivity index (χ1v) is 8.02. The SMILES string of the molecule is O=C(NN=Cc1cccc(I)c1)c1cc2ccccc2cc1O. The lowest BCUT2D eigenvalue weighted by Crippen LogP contribution is -2.17. The molecule has 2 N–H and O–H groups in total. The maximum atomic E-state index is 12.2. The fourth-order valence-electron chi connectivity index (χ4n) is 2.22. The largest absolute Gasteiger partial charge is 0.507 e.